The van der Waals surface area contributed by atoms with Gasteiger partial charge in [-0.25, -0.2) is 0 Å². The molecule has 0 aliphatic heterocycles. The minimum absolute atomic E-state index is 0.0567. The van der Waals surface area contributed by atoms with Gasteiger partial charge in [0.25, 0.3) is 5.69 Å². The van der Waals surface area contributed by atoms with Gasteiger partial charge in [0.2, 0.25) is 5.91 Å². The molecule has 0 fully saturated rings. The second-order valence-corrected chi connectivity index (χ2v) is 4.06. The van der Waals surface area contributed by atoms with Gasteiger partial charge < -0.3 is 11.1 Å². The van der Waals surface area contributed by atoms with Crippen LogP contribution in [0.4, 0.5) is 11.4 Å². The Morgan fingerprint density at radius 1 is 1.62 bits per heavy atom. The van der Waals surface area contributed by atoms with Crippen molar-refractivity contribution in [3.8, 4) is 0 Å². The van der Waals surface area contributed by atoms with Gasteiger partial charge in [0.05, 0.1) is 15.4 Å². The number of hydrogen-bond donors (Lipinski definition) is 2. The lowest BCUT2D eigenvalue weighted by Crippen LogP contribution is -2.32. The van der Waals surface area contributed by atoms with E-state index in [2.05, 4.69) is 21.2 Å². The molecule has 0 saturated heterocycles. The summed E-state index contributed by atoms with van der Waals surface area (Å²) < 4.78 is 0.306. The summed E-state index contributed by atoms with van der Waals surface area (Å²) in [6, 6.07) is 3.58. The van der Waals surface area contributed by atoms with Gasteiger partial charge in [-0.1, -0.05) is 0 Å². The number of carbonyl (C=O) groups excluding carboxylic acids is 1. The number of nitrogens with one attached hydrogen (secondary N) is 1. The summed E-state index contributed by atoms with van der Waals surface area (Å²) >= 11 is 3.05. The largest absolute Gasteiger partial charge is 0.325 e. The van der Waals surface area contributed by atoms with Crippen LogP contribution in [0.1, 0.15) is 6.92 Å². The molecule has 1 amide bonds. The molecule has 3 N–H and O–H groups in total. The Bertz CT molecular complexity index is 434. The smallest absolute Gasteiger partial charge is 0.283 e. The second kappa shape index (κ2) is 5.04. The van der Waals surface area contributed by atoms with Crippen LogP contribution in [0.2, 0.25) is 0 Å². The number of rotatable bonds is 3. The zero-order valence-corrected chi connectivity index (χ0v) is 10.0. The summed E-state index contributed by atoms with van der Waals surface area (Å²) in [5, 5.41) is 13.1. The molecule has 0 spiro atoms. The van der Waals surface area contributed by atoms with Crippen LogP contribution >= 0.6 is 15.9 Å². The van der Waals surface area contributed by atoms with E-state index in [4.69, 9.17) is 5.73 Å². The highest BCUT2D eigenvalue weighted by Gasteiger charge is 2.13. The monoisotopic (exact) mass is 287 g/mol. The summed E-state index contributed by atoms with van der Waals surface area (Å²) in [5.41, 5.74) is 5.77. The maximum Gasteiger partial charge on any atom is 0.283 e. The number of benzene rings is 1. The number of hydrogen-bond acceptors (Lipinski definition) is 4. The lowest BCUT2D eigenvalue weighted by molar-refractivity contribution is -0.385. The Balaban J connectivity index is 2.90. The maximum absolute atomic E-state index is 11.3. The molecular formula is C9H10BrN3O3. The van der Waals surface area contributed by atoms with Crippen molar-refractivity contribution in [1.29, 1.82) is 0 Å². The maximum atomic E-state index is 11.3. The fourth-order valence-electron chi connectivity index (χ4n) is 0.989. The van der Waals surface area contributed by atoms with Crippen molar-refractivity contribution in [3.05, 3.63) is 32.8 Å². The summed E-state index contributed by atoms with van der Waals surface area (Å²) in [6.45, 7) is 1.55. The van der Waals surface area contributed by atoms with E-state index in [1.54, 1.807) is 6.92 Å². The molecule has 0 radical (unpaired) electrons. The van der Waals surface area contributed by atoms with Crippen molar-refractivity contribution in [3.63, 3.8) is 0 Å². The van der Waals surface area contributed by atoms with E-state index < -0.39 is 11.0 Å². The van der Waals surface area contributed by atoms with E-state index in [-0.39, 0.29) is 11.6 Å². The lowest BCUT2D eigenvalue weighted by atomic mass is 10.2. The third kappa shape index (κ3) is 3.01. The third-order valence-corrected chi connectivity index (χ3v) is 2.46. The van der Waals surface area contributed by atoms with E-state index in [0.717, 1.165) is 0 Å². The van der Waals surface area contributed by atoms with Crippen molar-refractivity contribution in [2.45, 2.75) is 13.0 Å². The van der Waals surface area contributed by atoms with Crippen LogP contribution in [0, 0.1) is 10.1 Å². The standard InChI is InChI=1S/C9H10BrN3O3/c1-5(11)9(14)12-6-2-3-8(13(15)16)7(10)4-6/h2-5H,11H2,1H3,(H,12,14)/t5-/m1/s1. The van der Waals surface area contributed by atoms with Gasteiger partial charge >= 0.3 is 0 Å². The highest BCUT2D eigenvalue weighted by atomic mass is 79.9. The van der Waals surface area contributed by atoms with Gasteiger partial charge in [0.1, 0.15) is 0 Å². The van der Waals surface area contributed by atoms with Crippen molar-refractivity contribution >= 4 is 33.2 Å². The number of anilines is 1. The third-order valence-electron chi connectivity index (χ3n) is 1.83. The van der Waals surface area contributed by atoms with Crippen LogP contribution in [0.3, 0.4) is 0 Å². The number of nitrogens with zero attached hydrogens (tertiary/aromatic N) is 1. The highest BCUT2D eigenvalue weighted by Crippen LogP contribution is 2.27. The van der Waals surface area contributed by atoms with Crippen LogP contribution < -0.4 is 11.1 Å². The molecule has 7 heteroatoms. The Hall–Kier alpha value is -1.47. The van der Waals surface area contributed by atoms with Crippen LogP contribution in [-0.4, -0.2) is 16.9 Å². The second-order valence-electron chi connectivity index (χ2n) is 3.20. The summed E-state index contributed by atoms with van der Waals surface area (Å²) in [7, 11) is 0. The van der Waals surface area contributed by atoms with Gasteiger partial charge in [0, 0.05) is 11.8 Å². The fourth-order valence-corrected chi connectivity index (χ4v) is 1.51. The first kappa shape index (κ1) is 12.6. The fraction of sp³-hybridized carbons (Fsp3) is 0.222. The zero-order valence-electron chi connectivity index (χ0n) is 8.44. The van der Waals surface area contributed by atoms with Crippen LogP contribution in [0.5, 0.6) is 0 Å². The topological polar surface area (TPSA) is 98.3 Å². The normalized spacial score (nSPS) is 11.9. The first-order chi connectivity index (χ1) is 7.41. The van der Waals surface area contributed by atoms with Crippen LogP contribution in [-0.2, 0) is 4.79 Å². The first-order valence-corrected chi connectivity index (χ1v) is 5.21. The van der Waals surface area contributed by atoms with E-state index in [9.17, 15) is 14.9 Å². The van der Waals surface area contributed by atoms with E-state index in [0.29, 0.717) is 10.2 Å². The van der Waals surface area contributed by atoms with Crippen molar-refractivity contribution in [2.24, 2.45) is 5.73 Å². The Labute approximate surface area is 100 Å². The molecule has 1 aromatic rings. The molecule has 1 rings (SSSR count). The molecule has 1 aromatic carbocycles. The average molecular weight is 288 g/mol. The van der Waals surface area contributed by atoms with Crippen molar-refractivity contribution < 1.29 is 9.72 Å². The van der Waals surface area contributed by atoms with E-state index >= 15 is 0 Å². The Kier molecular flexibility index (Phi) is 3.97. The predicted molar refractivity (Wildman–Crippen MR) is 63.1 cm³/mol. The van der Waals surface area contributed by atoms with Gasteiger partial charge in [-0.3, -0.25) is 14.9 Å². The summed E-state index contributed by atoms with van der Waals surface area (Å²) in [5.74, 6) is -0.347. The minimum Gasteiger partial charge on any atom is -0.325 e. The van der Waals surface area contributed by atoms with Gasteiger partial charge in [-0.15, -0.1) is 0 Å². The van der Waals surface area contributed by atoms with Gasteiger partial charge in [-0.2, -0.15) is 0 Å². The summed E-state index contributed by atoms with van der Waals surface area (Å²) in [6.07, 6.45) is 0. The number of halogens is 1. The van der Waals surface area contributed by atoms with Crippen LogP contribution in [0.15, 0.2) is 22.7 Å². The number of amides is 1. The summed E-state index contributed by atoms with van der Waals surface area (Å²) in [4.78, 5) is 21.3. The number of nitro benzene ring substituents is 1. The van der Waals surface area contributed by atoms with E-state index in [1.165, 1.54) is 18.2 Å². The van der Waals surface area contributed by atoms with Crippen molar-refractivity contribution in [1.82, 2.24) is 0 Å². The Morgan fingerprint density at radius 3 is 2.69 bits per heavy atom. The number of carbonyl (C=O) groups is 1. The SMILES string of the molecule is C[C@@H](N)C(=O)Nc1ccc([N+](=O)[O-])c(Br)c1. The Morgan fingerprint density at radius 2 is 2.25 bits per heavy atom. The molecular weight excluding hydrogens is 278 g/mol. The van der Waals surface area contributed by atoms with Gasteiger partial charge in [-0.05, 0) is 35.0 Å². The quantitative estimate of drug-likeness (QED) is 0.652. The molecule has 0 aliphatic rings. The van der Waals surface area contributed by atoms with Crippen molar-refractivity contribution in [2.75, 3.05) is 5.32 Å². The molecule has 0 bridgehead atoms. The molecule has 0 unspecified atom stereocenters. The van der Waals surface area contributed by atoms with Gasteiger partial charge in [0.15, 0.2) is 0 Å². The molecule has 16 heavy (non-hydrogen) atoms. The molecule has 0 saturated carbocycles. The molecule has 1 atom stereocenters. The average Bonchev–Trinajstić information content (AvgIpc) is 2.16. The molecule has 6 nitrogen and oxygen atoms in total. The molecule has 86 valence electrons. The molecule has 0 aromatic heterocycles. The number of nitrogens with two attached hydrogens (primary N) is 1. The minimum atomic E-state index is -0.631. The zero-order chi connectivity index (χ0) is 12.3. The molecule has 0 heterocycles. The van der Waals surface area contributed by atoms with Crippen LogP contribution in [0.25, 0.3) is 0 Å². The highest BCUT2D eigenvalue weighted by molar-refractivity contribution is 9.10. The predicted octanol–water partition coefficient (Wildman–Crippen LogP) is 1.64. The lowest BCUT2D eigenvalue weighted by Gasteiger charge is -2.07. The van der Waals surface area contributed by atoms with E-state index in [1.807, 2.05) is 0 Å². The molecule has 0 aliphatic carbocycles. The first-order valence-electron chi connectivity index (χ1n) is 4.42. The number of nitro groups is 1.